The highest BCUT2D eigenvalue weighted by Gasteiger charge is 2.45. The average Bonchev–Trinajstić information content (AvgIpc) is 2.76. The number of para-hydroxylation sites is 1. The fourth-order valence-corrected chi connectivity index (χ4v) is 5.27. The van der Waals surface area contributed by atoms with E-state index >= 15 is 0 Å². The van der Waals surface area contributed by atoms with Gasteiger partial charge in [0, 0.05) is 28.7 Å². The molecule has 190 valence electrons. The van der Waals surface area contributed by atoms with Crippen molar-refractivity contribution in [3.05, 3.63) is 53.1 Å². The van der Waals surface area contributed by atoms with Crippen LogP contribution in [-0.4, -0.2) is 26.8 Å². The van der Waals surface area contributed by atoms with Gasteiger partial charge in [-0.05, 0) is 40.8 Å². The molecule has 0 fully saturated rings. The van der Waals surface area contributed by atoms with E-state index in [0.29, 0.717) is 27.9 Å². The number of phenolic OH excluding ortho intramolecular Hbond substituents is 1. The zero-order valence-electron chi connectivity index (χ0n) is 22.2. The minimum Gasteiger partial charge on any atom is -0.854 e. The summed E-state index contributed by atoms with van der Waals surface area (Å²) in [5.41, 5.74) is 3.19. The summed E-state index contributed by atoms with van der Waals surface area (Å²) in [5, 5.41) is 29.8. The molecule has 1 N–H and O–H groups in total. The molecule has 4 rings (SSSR count). The van der Waals surface area contributed by atoms with Gasteiger partial charge < -0.3 is 10.2 Å². The van der Waals surface area contributed by atoms with Crippen molar-refractivity contribution < 1.29 is 19.7 Å². The second kappa shape index (κ2) is 9.07. The third-order valence-corrected chi connectivity index (χ3v) is 7.10. The Kier molecular flexibility index (Phi) is 6.54. The molecule has 1 aliphatic heterocycles. The van der Waals surface area contributed by atoms with Gasteiger partial charge in [-0.15, -0.1) is 0 Å². The Bertz CT molecular complexity index is 1310. The third kappa shape index (κ3) is 4.43. The van der Waals surface area contributed by atoms with E-state index in [0.717, 1.165) is 16.7 Å². The second-order valence-corrected chi connectivity index (χ2v) is 12.4. The molecular weight excluding hydrogens is 472 g/mol. The van der Waals surface area contributed by atoms with Gasteiger partial charge in [0.15, 0.2) is 0 Å². The van der Waals surface area contributed by atoms with Crippen LogP contribution in [0.2, 0.25) is 0 Å². The summed E-state index contributed by atoms with van der Waals surface area (Å²) in [6.45, 7) is 15.8. The molecule has 1 atom stereocenters. The predicted octanol–water partition coefficient (Wildman–Crippen LogP) is 4.83. The van der Waals surface area contributed by atoms with Crippen LogP contribution in [0.4, 0.5) is 5.69 Å². The summed E-state index contributed by atoms with van der Waals surface area (Å²) in [6, 6.07) is 11.2. The number of benzene rings is 2. The largest absolute Gasteiger partial charge is 0.854 e. The van der Waals surface area contributed by atoms with Crippen LogP contribution in [0.15, 0.2) is 41.6 Å². The van der Waals surface area contributed by atoms with Crippen molar-refractivity contribution in [1.29, 1.82) is 0 Å². The van der Waals surface area contributed by atoms with Crippen molar-refractivity contribution >= 4 is 23.4 Å². The molecule has 7 nitrogen and oxygen atoms in total. The lowest BCUT2D eigenvalue weighted by Gasteiger charge is -2.34. The average molecular weight is 507 g/mol. The van der Waals surface area contributed by atoms with Crippen LogP contribution in [0.25, 0.3) is 11.3 Å². The molecule has 0 saturated heterocycles. The van der Waals surface area contributed by atoms with E-state index < -0.39 is 6.17 Å². The topological polar surface area (TPSA) is 93.3 Å². The Hall–Kier alpha value is -3.13. The second-order valence-electron chi connectivity index (χ2n) is 11.2. The summed E-state index contributed by atoms with van der Waals surface area (Å²) in [7, 11) is 0. The molecule has 1 amide bonds. The molecule has 0 bridgehead atoms. The number of amides is 1. The fourth-order valence-electron chi connectivity index (χ4n) is 4.71. The van der Waals surface area contributed by atoms with Crippen molar-refractivity contribution in [3.63, 3.8) is 0 Å². The van der Waals surface area contributed by atoms with Crippen molar-refractivity contribution in [2.24, 2.45) is 0 Å². The highest BCUT2D eigenvalue weighted by Crippen LogP contribution is 2.45. The van der Waals surface area contributed by atoms with Crippen molar-refractivity contribution in [3.8, 4) is 22.9 Å². The maximum atomic E-state index is 13.4. The molecule has 0 saturated carbocycles. The maximum absolute atomic E-state index is 13.4. The first-order chi connectivity index (χ1) is 16.8. The lowest BCUT2D eigenvalue weighted by Crippen LogP contribution is -2.58. The van der Waals surface area contributed by atoms with Gasteiger partial charge >= 0.3 is 0 Å². The van der Waals surface area contributed by atoms with Crippen LogP contribution in [0.5, 0.6) is 11.6 Å². The number of carbonyl (C=O) groups is 1. The molecule has 1 unspecified atom stereocenters. The van der Waals surface area contributed by atoms with Crippen LogP contribution < -0.4 is 14.7 Å². The molecule has 2 heterocycles. The lowest BCUT2D eigenvalue weighted by atomic mass is 9.78. The molecule has 1 aliphatic rings. The summed E-state index contributed by atoms with van der Waals surface area (Å²) in [4.78, 5) is 19.1. The standard InChI is InChI=1S/C28H34N4O3S/c1-9-36-26-29-24(35)22-18-12-10-11-13-21(18)31(16(2)33)25(32(22)30-26)17-14-19(27(3,4)5)23(34)20(15-17)28(6,7)8/h10-15,25H,9H2,1-8H3,(H-,29,30,34,35). The van der Waals surface area contributed by atoms with Gasteiger partial charge in [-0.25, -0.2) is 9.88 Å². The van der Waals surface area contributed by atoms with Crippen LogP contribution >= 0.6 is 11.8 Å². The van der Waals surface area contributed by atoms with Crippen LogP contribution in [-0.2, 0) is 15.6 Å². The van der Waals surface area contributed by atoms with E-state index in [1.54, 1.807) is 9.58 Å². The van der Waals surface area contributed by atoms with Crippen LogP contribution in [0.3, 0.4) is 0 Å². The Morgan fingerprint density at radius 3 is 2.22 bits per heavy atom. The molecule has 3 aromatic rings. The van der Waals surface area contributed by atoms with Gasteiger partial charge in [0.1, 0.15) is 5.75 Å². The van der Waals surface area contributed by atoms with Gasteiger partial charge in [-0.2, -0.15) is 0 Å². The summed E-state index contributed by atoms with van der Waals surface area (Å²) >= 11 is 1.38. The van der Waals surface area contributed by atoms with E-state index in [9.17, 15) is 15.0 Å². The van der Waals surface area contributed by atoms with Crippen molar-refractivity contribution in [1.82, 2.24) is 10.1 Å². The molecule has 0 spiro atoms. The Balaban J connectivity index is 2.13. The molecule has 2 aromatic carbocycles. The van der Waals surface area contributed by atoms with Gasteiger partial charge in [0.05, 0.1) is 17.1 Å². The summed E-state index contributed by atoms with van der Waals surface area (Å²) in [6.07, 6.45) is -0.720. The number of phenols is 1. The summed E-state index contributed by atoms with van der Waals surface area (Å²) < 4.78 is 1.64. The number of fused-ring (bicyclic) bond motifs is 3. The number of aromatic hydroxyl groups is 1. The normalized spacial score (nSPS) is 15.4. The number of anilines is 1. The quantitative estimate of drug-likeness (QED) is 0.404. The predicted molar refractivity (Wildman–Crippen MR) is 140 cm³/mol. The van der Waals surface area contributed by atoms with E-state index in [4.69, 9.17) is 5.10 Å². The van der Waals surface area contributed by atoms with E-state index in [1.807, 2.05) is 84.9 Å². The number of hydrogen-bond acceptors (Lipinski definition) is 6. The maximum Gasteiger partial charge on any atom is 0.293 e. The van der Waals surface area contributed by atoms with Gasteiger partial charge in [0.25, 0.3) is 17.0 Å². The van der Waals surface area contributed by atoms with Crippen molar-refractivity contribution in [2.75, 3.05) is 10.7 Å². The molecule has 36 heavy (non-hydrogen) atoms. The first-order valence-corrected chi connectivity index (χ1v) is 13.1. The summed E-state index contributed by atoms with van der Waals surface area (Å²) in [5.74, 6) is 0.401. The first-order valence-electron chi connectivity index (χ1n) is 12.2. The van der Waals surface area contributed by atoms with Crippen LogP contribution in [0, 0.1) is 0 Å². The van der Waals surface area contributed by atoms with E-state index in [-0.39, 0.29) is 28.4 Å². The van der Waals surface area contributed by atoms with Gasteiger partial charge in [0.2, 0.25) is 5.91 Å². The Morgan fingerprint density at radius 2 is 1.69 bits per heavy atom. The van der Waals surface area contributed by atoms with E-state index in [1.165, 1.54) is 18.7 Å². The third-order valence-electron chi connectivity index (χ3n) is 6.38. The monoisotopic (exact) mass is 506 g/mol. The van der Waals surface area contributed by atoms with Crippen LogP contribution in [0.1, 0.15) is 78.2 Å². The van der Waals surface area contributed by atoms with E-state index in [2.05, 4.69) is 4.98 Å². The smallest absolute Gasteiger partial charge is 0.293 e. The fraction of sp³-hybridized carbons (Fsp3) is 0.429. The zero-order chi connectivity index (χ0) is 26.6. The molecule has 1 aromatic heterocycles. The Morgan fingerprint density at radius 1 is 1.11 bits per heavy atom. The number of thioether (sulfide) groups is 1. The number of nitrogens with zero attached hydrogens (tertiary/aromatic N) is 4. The number of aromatic nitrogens is 3. The minimum absolute atomic E-state index is 0.177. The highest BCUT2D eigenvalue weighted by atomic mass is 32.2. The number of carbonyl (C=O) groups excluding carboxylic acids is 1. The van der Waals surface area contributed by atoms with Crippen molar-refractivity contribution in [2.45, 2.75) is 77.5 Å². The SMILES string of the molecule is CCSc1nc([O-])c2[n+](n1)C(c1cc(C(C)(C)C)c(O)c(C(C)(C)C)c1)N(C(C)=O)c1ccccc1-2. The number of hydrogen-bond donors (Lipinski definition) is 1. The molecular formula is C28H34N4O3S. The number of rotatable bonds is 3. The van der Waals surface area contributed by atoms with Gasteiger partial charge in [-0.1, -0.05) is 77.0 Å². The first kappa shape index (κ1) is 25.9. The minimum atomic E-state index is -0.720. The zero-order valence-corrected chi connectivity index (χ0v) is 23.0. The Labute approximate surface area is 217 Å². The molecule has 0 aliphatic carbocycles. The molecule has 8 heteroatoms. The molecule has 0 radical (unpaired) electrons. The highest BCUT2D eigenvalue weighted by molar-refractivity contribution is 7.99. The lowest BCUT2D eigenvalue weighted by molar-refractivity contribution is -0.764. The van der Waals surface area contributed by atoms with Gasteiger partial charge in [-0.3, -0.25) is 4.79 Å².